The fraction of sp³-hybridized carbons (Fsp3) is 0.684. The number of terminal acetylenes is 1. The number of carbonyl (C=O) groups excluding carboxylic acids is 4. The van der Waals surface area contributed by atoms with E-state index in [2.05, 4.69) is 11.2 Å². The minimum absolute atomic E-state index is 0.0593. The number of imide groups is 1. The first-order chi connectivity index (χ1) is 14.5. The number of hydrogen-bond acceptors (Lipinski definition) is 9. The first-order valence-electron chi connectivity index (χ1n) is 9.62. The molecule has 1 saturated heterocycles. The first-order valence-corrected chi connectivity index (χ1v) is 9.62. The molecule has 1 aliphatic rings. The van der Waals surface area contributed by atoms with Crippen molar-refractivity contribution in [1.82, 2.24) is 10.4 Å². The zero-order valence-electron chi connectivity index (χ0n) is 16.9. The van der Waals surface area contributed by atoms with Crippen LogP contribution in [0.5, 0.6) is 0 Å². The summed E-state index contributed by atoms with van der Waals surface area (Å²) >= 11 is 0. The number of nitrogens with one attached hydrogen (secondary N) is 1. The van der Waals surface area contributed by atoms with Gasteiger partial charge in [-0.25, -0.2) is 4.79 Å². The van der Waals surface area contributed by atoms with E-state index >= 15 is 0 Å². The van der Waals surface area contributed by atoms with Crippen LogP contribution in [0.15, 0.2) is 0 Å². The molecule has 168 valence electrons. The van der Waals surface area contributed by atoms with E-state index in [9.17, 15) is 19.2 Å². The Morgan fingerprint density at radius 3 is 1.90 bits per heavy atom. The van der Waals surface area contributed by atoms with Gasteiger partial charge in [0.25, 0.3) is 11.8 Å². The van der Waals surface area contributed by atoms with Crippen LogP contribution in [0.4, 0.5) is 0 Å². The Kier molecular flexibility index (Phi) is 13.9. The highest BCUT2D eigenvalue weighted by atomic mass is 16.7. The van der Waals surface area contributed by atoms with Crippen LogP contribution in [0, 0.1) is 12.3 Å². The summed E-state index contributed by atoms with van der Waals surface area (Å²) < 4.78 is 21.1. The van der Waals surface area contributed by atoms with E-state index in [-0.39, 0.29) is 44.8 Å². The van der Waals surface area contributed by atoms with Gasteiger partial charge in [0.2, 0.25) is 5.91 Å². The topological polar surface area (TPSA) is 130 Å². The van der Waals surface area contributed by atoms with Crippen LogP contribution in [0.1, 0.15) is 25.7 Å². The van der Waals surface area contributed by atoms with Crippen LogP contribution in [0.3, 0.4) is 0 Å². The van der Waals surface area contributed by atoms with Crippen LogP contribution < -0.4 is 5.32 Å². The third-order valence-electron chi connectivity index (χ3n) is 3.60. The molecule has 30 heavy (non-hydrogen) atoms. The van der Waals surface area contributed by atoms with E-state index in [4.69, 9.17) is 30.2 Å². The minimum atomic E-state index is -0.704. The van der Waals surface area contributed by atoms with Gasteiger partial charge in [-0.1, -0.05) is 5.92 Å². The molecule has 0 spiro atoms. The molecule has 0 aliphatic carbocycles. The molecule has 0 bridgehead atoms. The van der Waals surface area contributed by atoms with Gasteiger partial charge in [0.05, 0.1) is 65.7 Å². The number of nitrogens with zero attached hydrogens (tertiary/aromatic N) is 1. The van der Waals surface area contributed by atoms with Crippen molar-refractivity contribution in [3.63, 3.8) is 0 Å². The fourth-order valence-corrected chi connectivity index (χ4v) is 2.14. The lowest BCUT2D eigenvalue weighted by Gasteiger charge is -2.12. The standard InChI is InChI=1S/C19H28N2O9/c1-2-3-16(22)20-7-9-27-11-13-29-15-14-28-12-10-26-8-6-19(25)30-21-17(23)4-5-18(21)24/h1H,3-15H2,(H,20,22). The third-order valence-corrected chi connectivity index (χ3v) is 3.60. The summed E-state index contributed by atoms with van der Waals surface area (Å²) in [6.45, 7) is 3.07. The number of hydrogen-bond donors (Lipinski definition) is 1. The lowest BCUT2D eigenvalue weighted by Crippen LogP contribution is -2.32. The van der Waals surface area contributed by atoms with E-state index in [0.29, 0.717) is 51.2 Å². The predicted octanol–water partition coefficient (Wildman–Crippen LogP) is -0.810. The van der Waals surface area contributed by atoms with E-state index in [1.54, 1.807) is 0 Å². The number of hydroxylamine groups is 2. The normalized spacial score (nSPS) is 13.4. The molecule has 1 rings (SSSR count). The molecule has 0 aromatic carbocycles. The maximum absolute atomic E-state index is 11.5. The summed E-state index contributed by atoms with van der Waals surface area (Å²) in [6.07, 6.45) is 5.11. The lowest BCUT2D eigenvalue weighted by molar-refractivity contribution is -0.198. The van der Waals surface area contributed by atoms with Crippen molar-refractivity contribution in [2.45, 2.75) is 25.7 Å². The van der Waals surface area contributed by atoms with Crippen molar-refractivity contribution < 1.29 is 43.0 Å². The third kappa shape index (κ3) is 12.1. The van der Waals surface area contributed by atoms with Crippen molar-refractivity contribution in [1.29, 1.82) is 0 Å². The van der Waals surface area contributed by atoms with Crippen LogP contribution in [0.25, 0.3) is 0 Å². The second-order valence-corrected chi connectivity index (χ2v) is 5.98. The quantitative estimate of drug-likeness (QED) is 0.180. The average Bonchev–Trinajstić information content (AvgIpc) is 3.03. The largest absolute Gasteiger partial charge is 0.378 e. The van der Waals surface area contributed by atoms with Crippen molar-refractivity contribution in [3.8, 4) is 12.3 Å². The number of ether oxygens (including phenoxy) is 4. The summed E-state index contributed by atoms with van der Waals surface area (Å²) in [7, 11) is 0. The minimum Gasteiger partial charge on any atom is -0.378 e. The molecular formula is C19H28N2O9. The molecule has 11 nitrogen and oxygen atoms in total. The number of amides is 3. The molecule has 0 aromatic rings. The smallest absolute Gasteiger partial charge is 0.335 e. The SMILES string of the molecule is C#CCC(=O)NCCOCCOCCOCCOCCC(=O)ON1C(=O)CCC1=O. The van der Waals surface area contributed by atoms with Gasteiger partial charge in [-0.15, -0.1) is 11.5 Å². The molecule has 11 heteroatoms. The van der Waals surface area contributed by atoms with Gasteiger partial charge in [0.15, 0.2) is 0 Å². The Labute approximate surface area is 175 Å². The zero-order valence-corrected chi connectivity index (χ0v) is 16.9. The zero-order chi connectivity index (χ0) is 22.0. The molecule has 0 unspecified atom stereocenters. The molecule has 1 N–H and O–H groups in total. The van der Waals surface area contributed by atoms with Gasteiger partial charge < -0.3 is 29.1 Å². The van der Waals surface area contributed by atoms with Crippen molar-refractivity contribution in [3.05, 3.63) is 0 Å². The number of rotatable bonds is 17. The first kappa shape index (κ1) is 25.5. The molecule has 1 aliphatic heterocycles. The van der Waals surface area contributed by atoms with Crippen LogP contribution in [0.2, 0.25) is 0 Å². The van der Waals surface area contributed by atoms with Gasteiger partial charge in [0, 0.05) is 19.4 Å². The van der Waals surface area contributed by atoms with E-state index in [1.807, 2.05) is 0 Å². The second kappa shape index (κ2) is 16.3. The summed E-state index contributed by atoms with van der Waals surface area (Å²) in [5.74, 6) is 0.323. The van der Waals surface area contributed by atoms with Crippen molar-refractivity contribution in [2.24, 2.45) is 0 Å². The Balaban J connectivity index is 1.80. The van der Waals surface area contributed by atoms with E-state index < -0.39 is 17.8 Å². The summed E-state index contributed by atoms with van der Waals surface area (Å²) in [6, 6.07) is 0. The van der Waals surface area contributed by atoms with Gasteiger partial charge in [-0.2, -0.15) is 0 Å². The monoisotopic (exact) mass is 428 g/mol. The van der Waals surface area contributed by atoms with E-state index in [0.717, 1.165) is 0 Å². The van der Waals surface area contributed by atoms with Gasteiger partial charge in [-0.05, 0) is 0 Å². The highest BCUT2D eigenvalue weighted by Crippen LogP contribution is 2.12. The predicted molar refractivity (Wildman–Crippen MR) is 102 cm³/mol. The Bertz CT molecular complexity index is 587. The summed E-state index contributed by atoms with van der Waals surface area (Å²) in [5.41, 5.74) is 0. The maximum atomic E-state index is 11.5. The molecule has 0 saturated carbocycles. The van der Waals surface area contributed by atoms with Crippen molar-refractivity contribution >= 4 is 23.7 Å². The number of carbonyl (C=O) groups is 4. The molecule has 3 amide bonds. The summed E-state index contributed by atoms with van der Waals surface area (Å²) in [4.78, 5) is 49.9. The molecule has 0 radical (unpaired) electrons. The van der Waals surface area contributed by atoms with Crippen LogP contribution >= 0.6 is 0 Å². The van der Waals surface area contributed by atoms with Crippen LogP contribution in [-0.2, 0) is 43.0 Å². The van der Waals surface area contributed by atoms with Gasteiger partial charge >= 0.3 is 5.97 Å². The van der Waals surface area contributed by atoms with E-state index in [1.165, 1.54) is 0 Å². The van der Waals surface area contributed by atoms with Gasteiger partial charge in [0.1, 0.15) is 0 Å². The van der Waals surface area contributed by atoms with Crippen molar-refractivity contribution in [2.75, 3.05) is 59.4 Å². The highest BCUT2D eigenvalue weighted by Gasteiger charge is 2.32. The molecule has 1 fully saturated rings. The average molecular weight is 428 g/mol. The Morgan fingerprint density at radius 2 is 1.37 bits per heavy atom. The highest BCUT2D eigenvalue weighted by molar-refractivity contribution is 6.01. The Hall–Kier alpha value is -2.52. The summed E-state index contributed by atoms with van der Waals surface area (Å²) in [5, 5.41) is 3.12. The fourth-order valence-electron chi connectivity index (χ4n) is 2.14. The molecule has 0 aromatic heterocycles. The second-order valence-electron chi connectivity index (χ2n) is 5.98. The van der Waals surface area contributed by atoms with Gasteiger partial charge in [-0.3, -0.25) is 14.4 Å². The molecular weight excluding hydrogens is 400 g/mol. The molecule has 0 atom stereocenters. The molecule has 1 heterocycles. The van der Waals surface area contributed by atoms with Crippen LogP contribution in [-0.4, -0.2) is 88.2 Å². The maximum Gasteiger partial charge on any atom is 0.335 e. The lowest BCUT2D eigenvalue weighted by atomic mass is 10.4. The Morgan fingerprint density at radius 1 is 0.867 bits per heavy atom.